The van der Waals surface area contributed by atoms with E-state index < -0.39 is 6.03 Å². The van der Waals surface area contributed by atoms with Crippen LogP contribution in [-0.4, -0.2) is 24.5 Å². The van der Waals surface area contributed by atoms with E-state index in [-0.39, 0.29) is 24.2 Å². The lowest BCUT2D eigenvalue weighted by atomic mass is 10.2. The zero-order chi connectivity index (χ0) is 16.2. The molecule has 1 aliphatic rings. The zero-order valence-electron chi connectivity index (χ0n) is 12.3. The van der Waals surface area contributed by atoms with Crippen molar-refractivity contribution in [3.8, 4) is 0 Å². The largest absolute Gasteiger partial charge is 0.333 e. The smallest absolute Gasteiger partial charge is 0.319 e. The quantitative estimate of drug-likeness (QED) is 0.915. The van der Waals surface area contributed by atoms with Crippen LogP contribution in [0.5, 0.6) is 0 Å². The van der Waals surface area contributed by atoms with Gasteiger partial charge in [-0.05, 0) is 36.4 Å². The summed E-state index contributed by atoms with van der Waals surface area (Å²) in [6.07, 6.45) is 0.256. The minimum atomic E-state index is -0.413. The summed E-state index contributed by atoms with van der Waals surface area (Å²) in [5.41, 5.74) is 1.31. The standard InChI is InChI=1S/C17H16FN3O2/c18-12-6-8-13(9-7-12)19-17(23)20-14-10-16(22)21(11-14)15-4-2-1-3-5-15/h1-9,14H,10-11H2,(H2,19,20,23)/t14-/m1/s1. The number of anilines is 2. The topological polar surface area (TPSA) is 61.4 Å². The van der Waals surface area contributed by atoms with Crippen LogP contribution in [0.15, 0.2) is 54.6 Å². The first-order chi connectivity index (χ1) is 11.1. The summed E-state index contributed by atoms with van der Waals surface area (Å²) < 4.78 is 12.8. The van der Waals surface area contributed by atoms with Crippen LogP contribution in [0.4, 0.5) is 20.6 Å². The fraction of sp³-hybridized carbons (Fsp3) is 0.176. The lowest BCUT2D eigenvalue weighted by molar-refractivity contribution is -0.117. The van der Waals surface area contributed by atoms with Crippen molar-refractivity contribution in [3.05, 3.63) is 60.4 Å². The van der Waals surface area contributed by atoms with Crippen molar-refractivity contribution in [3.63, 3.8) is 0 Å². The number of urea groups is 1. The number of amides is 3. The van der Waals surface area contributed by atoms with Crippen molar-refractivity contribution in [2.75, 3.05) is 16.8 Å². The summed E-state index contributed by atoms with van der Waals surface area (Å²) in [5, 5.41) is 5.38. The molecule has 1 saturated heterocycles. The molecule has 2 N–H and O–H groups in total. The fourth-order valence-electron chi connectivity index (χ4n) is 2.55. The molecular formula is C17H16FN3O2. The minimum Gasteiger partial charge on any atom is -0.333 e. The molecule has 1 fully saturated rings. The number of benzene rings is 2. The molecule has 1 heterocycles. The molecule has 0 aromatic heterocycles. The van der Waals surface area contributed by atoms with Crippen LogP contribution in [0.3, 0.4) is 0 Å². The first-order valence-corrected chi connectivity index (χ1v) is 7.30. The minimum absolute atomic E-state index is 0.0247. The van der Waals surface area contributed by atoms with Gasteiger partial charge in [0.05, 0.1) is 6.04 Å². The van der Waals surface area contributed by atoms with Gasteiger partial charge in [-0.25, -0.2) is 9.18 Å². The summed E-state index contributed by atoms with van der Waals surface area (Å²) in [7, 11) is 0. The van der Waals surface area contributed by atoms with Gasteiger partial charge in [-0.1, -0.05) is 18.2 Å². The molecule has 0 bridgehead atoms. The van der Waals surface area contributed by atoms with Gasteiger partial charge in [0.1, 0.15) is 5.82 Å². The van der Waals surface area contributed by atoms with Crippen LogP contribution >= 0.6 is 0 Å². The van der Waals surface area contributed by atoms with E-state index in [4.69, 9.17) is 0 Å². The maximum Gasteiger partial charge on any atom is 0.319 e. The molecule has 3 amide bonds. The Labute approximate surface area is 133 Å². The molecule has 2 aromatic rings. The highest BCUT2D eigenvalue weighted by molar-refractivity contribution is 5.97. The van der Waals surface area contributed by atoms with Crippen molar-refractivity contribution in [2.24, 2.45) is 0 Å². The Kier molecular flexibility index (Phi) is 4.23. The number of para-hydroxylation sites is 1. The number of hydrogen-bond donors (Lipinski definition) is 2. The van der Waals surface area contributed by atoms with Gasteiger partial charge >= 0.3 is 6.03 Å². The summed E-state index contributed by atoms with van der Waals surface area (Å²) in [6.45, 7) is 0.430. The third-order valence-corrected chi connectivity index (χ3v) is 3.63. The van der Waals surface area contributed by atoms with E-state index in [1.807, 2.05) is 30.3 Å². The van der Waals surface area contributed by atoms with Crippen molar-refractivity contribution in [1.29, 1.82) is 0 Å². The first-order valence-electron chi connectivity index (χ1n) is 7.30. The van der Waals surface area contributed by atoms with Crippen LogP contribution in [0.25, 0.3) is 0 Å². The lowest BCUT2D eigenvalue weighted by Gasteiger charge is -2.17. The van der Waals surface area contributed by atoms with E-state index in [0.717, 1.165) is 5.69 Å². The van der Waals surface area contributed by atoms with Crippen molar-refractivity contribution >= 4 is 23.3 Å². The molecule has 1 aliphatic heterocycles. The highest BCUT2D eigenvalue weighted by Gasteiger charge is 2.31. The second kappa shape index (κ2) is 6.48. The molecule has 0 saturated carbocycles. The second-order valence-corrected chi connectivity index (χ2v) is 5.35. The van der Waals surface area contributed by atoms with Gasteiger partial charge in [0.15, 0.2) is 0 Å². The van der Waals surface area contributed by atoms with Gasteiger partial charge in [0, 0.05) is 24.3 Å². The molecule has 2 aromatic carbocycles. The molecular weight excluding hydrogens is 297 g/mol. The number of halogens is 1. The Morgan fingerprint density at radius 3 is 2.48 bits per heavy atom. The maximum absolute atomic E-state index is 12.8. The van der Waals surface area contributed by atoms with Crippen LogP contribution < -0.4 is 15.5 Å². The van der Waals surface area contributed by atoms with Gasteiger partial charge in [-0.3, -0.25) is 4.79 Å². The summed E-state index contributed by atoms with van der Waals surface area (Å²) in [6, 6.07) is 14.2. The number of carbonyl (C=O) groups is 2. The van der Waals surface area contributed by atoms with E-state index in [2.05, 4.69) is 10.6 Å². The zero-order valence-corrected chi connectivity index (χ0v) is 12.3. The number of hydrogen-bond acceptors (Lipinski definition) is 2. The van der Waals surface area contributed by atoms with Crippen LogP contribution in [0, 0.1) is 5.82 Å². The Morgan fingerprint density at radius 1 is 1.09 bits per heavy atom. The Balaban J connectivity index is 1.57. The van der Waals surface area contributed by atoms with Crippen molar-refractivity contribution in [2.45, 2.75) is 12.5 Å². The third kappa shape index (κ3) is 3.66. The number of rotatable bonds is 3. The molecule has 0 radical (unpaired) electrons. The van der Waals surface area contributed by atoms with Crippen LogP contribution in [0.1, 0.15) is 6.42 Å². The Hall–Kier alpha value is -2.89. The predicted octanol–water partition coefficient (Wildman–Crippen LogP) is 2.75. The van der Waals surface area contributed by atoms with Gasteiger partial charge in [-0.15, -0.1) is 0 Å². The van der Waals surface area contributed by atoms with Crippen LogP contribution in [-0.2, 0) is 4.79 Å². The van der Waals surface area contributed by atoms with E-state index in [0.29, 0.717) is 12.2 Å². The Bertz CT molecular complexity index is 704. The summed E-state index contributed by atoms with van der Waals surface area (Å²) in [4.78, 5) is 25.7. The molecule has 5 nitrogen and oxygen atoms in total. The van der Waals surface area contributed by atoms with Gasteiger partial charge < -0.3 is 15.5 Å². The highest BCUT2D eigenvalue weighted by atomic mass is 19.1. The molecule has 0 spiro atoms. The average Bonchev–Trinajstić information content (AvgIpc) is 2.91. The van der Waals surface area contributed by atoms with Gasteiger partial charge in [0.2, 0.25) is 5.91 Å². The van der Waals surface area contributed by atoms with E-state index in [1.54, 1.807) is 4.90 Å². The number of nitrogens with one attached hydrogen (secondary N) is 2. The molecule has 3 rings (SSSR count). The number of carbonyl (C=O) groups excluding carboxylic acids is 2. The monoisotopic (exact) mass is 313 g/mol. The lowest BCUT2D eigenvalue weighted by Crippen LogP contribution is -2.39. The molecule has 0 unspecified atom stereocenters. The SMILES string of the molecule is O=C(Nc1ccc(F)cc1)N[C@@H]1CC(=O)N(c2ccccc2)C1. The van der Waals surface area contributed by atoms with Crippen molar-refractivity contribution < 1.29 is 14.0 Å². The number of nitrogens with zero attached hydrogens (tertiary/aromatic N) is 1. The summed E-state index contributed by atoms with van der Waals surface area (Å²) >= 11 is 0. The van der Waals surface area contributed by atoms with E-state index >= 15 is 0 Å². The van der Waals surface area contributed by atoms with Crippen LogP contribution in [0.2, 0.25) is 0 Å². The highest BCUT2D eigenvalue weighted by Crippen LogP contribution is 2.21. The predicted molar refractivity (Wildman–Crippen MR) is 85.8 cm³/mol. The summed E-state index contributed by atoms with van der Waals surface area (Å²) in [5.74, 6) is -0.390. The van der Waals surface area contributed by atoms with Gasteiger partial charge in [0.25, 0.3) is 0 Å². The molecule has 6 heteroatoms. The molecule has 23 heavy (non-hydrogen) atoms. The average molecular weight is 313 g/mol. The first kappa shape index (κ1) is 15.0. The Morgan fingerprint density at radius 2 is 1.78 bits per heavy atom. The van der Waals surface area contributed by atoms with Gasteiger partial charge in [-0.2, -0.15) is 0 Å². The molecule has 118 valence electrons. The van der Waals surface area contributed by atoms with E-state index in [1.165, 1.54) is 24.3 Å². The van der Waals surface area contributed by atoms with E-state index in [9.17, 15) is 14.0 Å². The fourth-order valence-corrected chi connectivity index (χ4v) is 2.55. The second-order valence-electron chi connectivity index (χ2n) is 5.35. The molecule has 1 atom stereocenters. The normalized spacial score (nSPS) is 17.2. The third-order valence-electron chi connectivity index (χ3n) is 3.63. The van der Waals surface area contributed by atoms with Crippen molar-refractivity contribution in [1.82, 2.24) is 5.32 Å². The molecule has 0 aliphatic carbocycles. The maximum atomic E-state index is 12.8.